The first-order chi connectivity index (χ1) is 9.44. The van der Waals surface area contributed by atoms with Gasteiger partial charge in [0.05, 0.1) is 4.47 Å². The van der Waals surface area contributed by atoms with Crippen molar-refractivity contribution in [2.45, 2.75) is 39.5 Å². The Morgan fingerprint density at radius 3 is 2.75 bits per heavy atom. The van der Waals surface area contributed by atoms with Crippen molar-refractivity contribution in [1.29, 1.82) is 0 Å². The molecule has 1 aromatic heterocycles. The molecule has 0 bridgehead atoms. The Labute approximate surface area is 126 Å². The molecule has 0 aliphatic rings. The number of hydrogen-bond acceptors (Lipinski definition) is 5. The smallest absolute Gasteiger partial charge is 0.213 e. The predicted molar refractivity (Wildman–Crippen MR) is 79.4 cm³/mol. The maximum Gasteiger partial charge on any atom is 0.213 e. The zero-order valence-corrected chi connectivity index (χ0v) is 13.4. The van der Waals surface area contributed by atoms with E-state index in [0.717, 1.165) is 16.8 Å². The second kappa shape index (κ2) is 6.37. The molecule has 0 fully saturated rings. The summed E-state index contributed by atoms with van der Waals surface area (Å²) in [4.78, 5) is 3.91. The molecular formula is C14H18BrN3O2. The average Bonchev–Trinajstić information content (AvgIpc) is 2.87. The number of rotatable bonds is 5. The molecular weight excluding hydrogens is 322 g/mol. The van der Waals surface area contributed by atoms with Gasteiger partial charge in [0.2, 0.25) is 12.2 Å². The summed E-state index contributed by atoms with van der Waals surface area (Å²) < 4.78 is 11.2. The number of nitrogens with one attached hydrogen (secondary N) is 1. The summed E-state index contributed by atoms with van der Waals surface area (Å²) in [7, 11) is 0. The van der Waals surface area contributed by atoms with Crippen molar-refractivity contribution < 1.29 is 9.26 Å². The third-order valence-corrected chi connectivity index (χ3v) is 3.20. The molecule has 0 radical (unpaired) electrons. The summed E-state index contributed by atoms with van der Waals surface area (Å²) in [6, 6.07) is 6.02. The van der Waals surface area contributed by atoms with Crippen molar-refractivity contribution in [3.8, 4) is 5.75 Å². The molecule has 0 atom stereocenters. The predicted octanol–water partition coefficient (Wildman–Crippen LogP) is 3.30. The minimum absolute atomic E-state index is 0.0975. The van der Waals surface area contributed by atoms with Crippen molar-refractivity contribution in [3.05, 3.63) is 40.5 Å². The Kier molecular flexibility index (Phi) is 4.77. The molecule has 0 saturated heterocycles. The quantitative estimate of drug-likeness (QED) is 0.905. The monoisotopic (exact) mass is 339 g/mol. The van der Waals surface area contributed by atoms with E-state index in [1.54, 1.807) is 0 Å². The third kappa shape index (κ3) is 4.61. The normalized spacial score (nSPS) is 11.6. The number of benzene rings is 1. The number of ether oxygens (including phenoxy) is 1. The summed E-state index contributed by atoms with van der Waals surface area (Å²) in [5.41, 5.74) is 1.29. The van der Waals surface area contributed by atoms with Gasteiger partial charge in [-0.25, -0.2) is 0 Å². The summed E-state index contributed by atoms with van der Waals surface area (Å²) in [6.07, 6.45) is 1.29. The van der Waals surface area contributed by atoms with Crippen LogP contribution in [0.1, 0.15) is 32.2 Å². The van der Waals surface area contributed by atoms with Gasteiger partial charge in [0, 0.05) is 12.1 Å². The van der Waals surface area contributed by atoms with E-state index in [1.165, 1.54) is 12.0 Å². The van der Waals surface area contributed by atoms with E-state index in [1.807, 2.05) is 18.2 Å². The van der Waals surface area contributed by atoms with Gasteiger partial charge in [-0.05, 0) is 54.4 Å². The van der Waals surface area contributed by atoms with E-state index in [0.29, 0.717) is 5.82 Å². The van der Waals surface area contributed by atoms with E-state index in [4.69, 9.17) is 4.74 Å². The Balaban J connectivity index is 1.95. The van der Waals surface area contributed by atoms with Crippen LogP contribution in [0.4, 0.5) is 0 Å². The van der Waals surface area contributed by atoms with Crippen LogP contribution in [0.3, 0.4) is 0 Å². The van der Waals surface area contributed by atoms with Crippen molar-refractivity contribution >= 4 is 15.9 Å². The molecule has 0 amide bonds. The maximum atomic E-state index is 5.63. The van der Waals surface area contributed by atoms with Crippen LogP contribution in [0, 0.1) is 0 Å². The van der Waals surface area contributed by atoms with Gasteiger partial charge in [0.25, 0.3) is 0 Å². The van der Waals surface area contributed by atoms with Crippen LogP contribution in [0.15, 0.2) is 33.6 Å². The first-order valence-corrected chi connectivity index (χ1v) is 7.15. The van der Waals surface area contributed by atoms with Crippen LogP contribution in [0.5, 0.6) is 5.75 Å². The Hall–Kier alpha value is -1.40. The van der Waals surface area contributed by atoms with E-state index in [2.05, 4.69) is 56.7 Å². The van der Waals surface area contributed by atoms with E-state index in [9.17, 15) is 0 Å². The van der Waals surface area contributed by atoms with Crippen molar-refractivity contribution in [2.75, 3.05) is 0 Å². The second-order valence-electron chi connectivity index (χ2n) is 5.50. The molecule has 5 nitrogen and oxygen atoms in total. The molecule has 6 heteroatoms. The zero-order chi connectivity index (χ0) is 14.6. The first-order valence-electron chi connectivity index (χ1n) is 6.35. The Morgan fingerprint density at radius 2 is 2.15 bits per heavy atom. The van der Waals surface area contributed by atoms with Gasteiger partial charge in [0.15, 0.2) is 6.61 Å². The highest BCUT2D eigenvalue weighted by Crippen LogP contribution is 2.26. The van der Waals surface area contributed by atoms with Crippen LogP contribution in [-0.2, 0) is 13.2 Å². The highest BCUT2D eigenvalue weighted by atomic mass is 79.9. The highest BCUT2D eigenvalue weighted by molar-refractivity contribution is 9.10. The maximum absolute atomic E-state index is 5.63. The van der Waals surface area contributed by atoms with Gasteiger partial charge < -0.3 is 14.6 Å². The molecule has 1 heterocycles. The summed E-state index contributed by atoms with van der Waals surface area (Å²) in [5.74, 6) is 1.28. The van der Waals surface area contributed by atoms with Crippen molar-refractivity contribution in [1.82, 2.24) is 15.5 Å². The number of halogens is 1. The SMILES string of the molecule is CC(C)(C)NCc1ccc(OCc2ncon2)c(Br)c1. The molecule has 108 valence electrons. The summed E-state index contributed by atoms with van der Waals surface area (Å²) in [5, 5.41) is 7.14. The largest absolute Gasteiger partial charge is 0.484 e. The lowest BCUT2D eigenvalue weighted by Gasteiger charge is -2.20. The molecule has 0 saturated carbocycles. The van der Waals surface area contributed by atoms with Crippen LogP contribution < -0.4 is 10.1 Å². The minimum Gasteiger partial charge on any atom is -0.484 e. The fourth-order valence-electron chi connectivity index (χ4n) is 1.54. The Morgan fingerprint density at radius 1 is 1.35 bits per heavy atom. The lowest BCUT2D eigenvalue weighted by atomic mass is 10.1. The average molecular weight is 340 g/mol. The number of nitrogens with zero attached hydrogens (tertiary/aromatic N) is 2. The van der Waals surface area contributed by atoms with Gasteiger partial charge in [-0.1, -0.05) is 11.2 Å². The molecule has 0 spiro atoms. The Bertz CT molecular complexity index is 550. The zero-order valence-electron chi connectivity index (χ0n) is 11.8. The lowest BCUT2D eigenvalue weighted by Crippen LogP contribution is -2.35. The van der Waals surface area contributed by atoms with E-state index >= 15 is 0 Å². The van der Waals surface area contributed by atoms with Crippen LogP contribution in [0.25, 0.3) is 0 Å². The minimum atomic E-state index is 0.0975. The van der Waals surface area contributed by atoms with Crippen LogP contribution in [0.2, 0.25) is 0 Å². The summed E-state index contributed by atoms with van der Waals surface area (Å²) >= 11 is 3.51. The van der Waals surface area contributed by atoms with Crippen LogP contribution in [-0.4, -0.2) is 15.7 Å². The summed E-state index contributed by atoms with van der Waals surface area (Å²) in [6.45, 7) is 7.53. The third-order valence-electron chi connectivity index (χ3n) is 2.58. The topological polar surface area (TPSA) is 60.2 Å². The molecule has 0 unspecified atom stereocenters. The molecule has 2 rings (SSSR count). The molecule has 1 N–H and O–H groups in total. The van der Waals surface area contributed by atoms with Gasteiger partial charge in [-0.15, -0.1) is 0 Å². The fourth-order valence-corrected chi connectivity index (χ4v) is 2.08. The lowest BCUT2D eigenvalue weighted by molar-refractivity contribution is 0.285. The highest BCUT2D eigenvalue weighted by Gasteiger charge is 2.10. The van der Waals surface area contributed by atoms with E-state index in [-0.39, 0.29) is 12.1 Å². The fraction of sp³-hybridized carbons (Fsp3) is 0.429. The van der Waals surface area contributed by atoms with Crippen molar-refractivity contribution in [2.24, 2.45) is 0 Å². The molecule has 0 aliphatic carbocycles. The van der Waals surface area contributed by atoms with Crippen LogP contribution >= 0.6 is 15.9 Å². The van der Waals surface area contributed by atoms with Gasteiger partial charge >= 0.3 is 0 Å². The van der Waals surface area contributed by atoms with Gasteiger partial charge in [-0.3, -0.25) is 0 Å². The van der Waals surface area contributed by atoms with Crippen molar-refractivity contribution in [3.63, 3.8) is 0 Å². The van der Waals surface area contributed by atoms with Gasteiger partial charge in [0.1, 0.15) is 5.75 Å². The number of aromatic nitrogens is 2. The molecule has 2 aromatic rings. The van der Waals surface area contributed by atoms with Gasteiger partial charge in [-0.2, -0.15) is 4.98 Å². The number of hydrogen-bond donors (Lipinski definition) is 1. The molecule has 1 aromatic carbocycles. The second-order valence-corrected chi connectivity index (χ2v) is 6.36. The molecule has 0 aliphatic heterocycles. The standard InChI is InChI=1S/C14H18BrN3O2/c1-14(2,3)17-7-10-4-5-12(11(15)6-10)19-8-13-16-9-20-18-13/h4-6,9,17H,7-8H2,1-3H3. The first kappa shape index (κ1) is 15.0. The molecule has 20 heavy (non-hydrogen) atoms. The van der Waals surface area contributed by atoms with E-state index < -0.39 is 0 Å².